The Morgan fingerprint density at radius 1 is 1.57 bits per heavy atom. The van der Waals surface area contributed by atoms with Crippen LogP contribution in [-0.4, -0.2) is 16.1 Å². The highest BCUT2D eigenvalue weighted by Gasteiger charge is 2.13. The summed E-state index contributed by atoms with van der Waals surface area (Å²) in [7, 11) is 0. The standard InChI is InChI=1S/C10H15NO2S/c1-6(2)4-5-8-11-9(10(12)13)7(3)14-8/h6H,4-5H2,1-3H3,(H,12,13). The molecule has 14 heavy (non-hydrogen) atoms. The SMILES string of the molecule is Cc1sc(CCC(C)C)nc1C(=O)O. The Balaban J connectivity index is 2.71. The molecule has 0 aliphatic carbocycles. The average molecular weight is 213 g/mol. The molecule has 0 unspecified atom stereocenters. The number of rotatable bonds is 4. The summed E-state index contributed by atoms with van der Waals surface area (Å²) in [6.07, 6.45) is 1.95. The predicted molar refractivity (Wildman–Crippen MR) is 57.0 cm³/mol. The van der Waals surface area contributed by atoms with Crippen LogP contribution in [0.1, 0.15) is 40.6 Å². The summed E-state index contributed by atoms with van der Waals surface area (Å²) >= 11 is 1.49. The van der Waals surface area contributed by atoms with Crippen molar-refractivity contribution in [1.82, 2.24) is 4.98 Å². The molecule has 0 bridgehead atoms. The topological polar surface area (TPSA) is 50.2 Å². The zero-order chi connectivity index (χ0) is 10.7. The first-order valence-electron chi connectivity index (χ1n) is 4.70. The van der Waals surface area contributed by atoms with E-state index in [-0.39, 0.29) is 5.69 Å². The van der Waals surface area contributed by atoms with Gasteiger partial charge in [-0.25, -0.2) is 9.78 Å². The number of carboxylic acids is 1. The highest BCUT2D eigenvalue weighted by atomic mass is 32.1. The summed E-state index contributed by atoms with van der Waals surface area (Å²) < 4.78 is 0. The van der Waals surface area contributed by atoms with Gasteiger partial charge in [0.25, 0.3) is 0 Å². The first-order valence-corrected chi connectivity index (χ1v) is 5.52. The Morgan fingerprint density at radius 3 is 2.64 bits per heavy atom. The molecule has 0 saturated heterocycles. The van der Waals surface area contributed by atoms with Crippen molar-refractivity contribution in [3.05, 3.63) is 15.6 Å². The van der Waals surface area contributed by atoms with Gasteiger partial charge in [0.05, 0.1) is 5.01 Å². The fraction of sp³-hybridized carbons (Fsp3) is 0.600. The summed E-state index contributed by atoms with van der Waals surface area (Å²) in [5.74, 6) is -0.290. The van der Waals surface area contributed by atoms with E-state index in [1.165, 1.54) is 11.3 Å². The lowest BCUT2D eigenvalue weighted by atomic mass is 10.1. The van der Waals surface area contributed by atoms with Crippen molar-refractivity contribution >= 4 is 17.3 Å². The van der Waals surface area contributed by atoms with Crippen LogP contribution in [-0.2, 0) is 6.42 Å². The number of nitrogens with zero attached hydrogens (tertiary/aromatic N) is 1. The Kier molecular flexibility index (Phi) is 3.63. The molecule has 0 amide bonds. The van der Waals surface area contributed by atoms with Gasteiger partial charge in [0, 0.05) is 4.88 Å². The van der Waals surface area contributed by atoms with Crippen molar-refractivity contribution in [2.24, 2.45) is 5.92 Å². The van der Waals surface area contributed by atoms with Gasteiger partial charge in [-0.3, -0.25) is 0 Å². The van der Waals surface area contributed by atoms with Crippen molar-refractivity contribution in [2.75, 3.05) is 0 Å². The van der Waals surface area contributed by atoms with Crippen LogP contribution in [0.15, 0.2) is 0 Å². The number of aromatic nitrogens is 1. The second-order valence-electron chi connectivity index (χ2n) is 3.75. The number of hydrogen-bond donors (Lipinski definition) is 1. The highest BCUT2D eigenvalue weighted by molar-refractivity contribution is 7.11. The minimum atomic E-state index is -0.922. The van der Waals surface area contributed by atoms with E-state index in [0.29, 0.717) is 5.92 Å². The first kappa shape index (κ1) is 11.2. The molecule has 1 aromatic heterocycles. The average Bonchev–Trinajstić information content (AvgIpc) is 2.43. The number of hydrogen-bond acceptors (Lipinski definition) is 3. The number of aryl methyl sites for hydroxylation is 2. The molecule has 0 saturated carbocycles. The van der Waals surface area contributed by atoms with Gasteiger partial charge in [0.15, 0.2) is 5.69 Å². The van der Waals surface area contributed by atoms with E-state index in [1.54, 1.807) is 6.92 Å². The third kappa shape index (κ3) is 2.80. The van der Waals surface area contributed by atoms with Crippen LogP contribution in [0.5, 0.6) is 0 Å². The van der Waals surface area contributed by atoms with E-state index in [2.05, 4.69) is 18.8 Å². The van der Waals surface area contributed by atoms with E-state index < -0.39 is 5.97 Å². The van der Waals surface area contributed by atoms with Crippen LogP contribution >= 0.6 is 11.3 Å². The lowest BCUT2D eigenvalue weighted by molar-refractivity contribution is 0.0690. The Hall–Kier alpha value is -0.900. The molecular formula is C10H15NO2S. The molecule has 4 heteroatoms. The van der Waals surface area contributed by atoms with Crippen molar-refractivity contribution in [1.29, 1.82) is 0 Å². The van der Waals surface area contributed by atoms with E-state index in [0.717, 1.165) is 22.7 Å². The summed E-state index contributed by atoms with van der Waals surface area (Å²) in [6.45, 7) is 6.11. The van der Waals surface area contributed by atoms with E-state index >= 15 is 0 Å². The summed E-state index contributed by atoms with van der Waals surface area (Å²) in [5.41, 5.74) is 0.216. The van der Waals surface area contributed by atoms with Crippen molar-refractivity contribution in [2.45, 2.75) is 33.6 Å². The maximum atomic E-state index is 10.7. The lowest BCUT2D eigenvalue weighted by Crippen LogP contribution is -1.99. The largest absolute Gasteiger partial charge is 0.476 e. The predicted octanol–water partition coefficient (Wildman–Crippen LogP) is 2.74. The molecule has 1 heterocycles. The second-order valence-corrected chi connectivity index (χ2v) is 5.04. The van der Waals surface area contributed by atoms with Gasteiger partial charge in [0.2, 0.25) is 0 Å². The van der Waals surface area contributed by atoms with Crippen LogP contribution in [0.2, 0.25) is 0 Å². The van der Waals surface area contributed by atoms with Gasteiger partial charge in [-0.2, -0.15) is 0 Å². The maximum absolute atomic E-state index is 10.7. The molecule has 1 rings (SSSR count). The van der Waals surface area contributed by atoms with E-state index in [4.69, 9.17) is 5.11 Å². The van der Waals surface area contributed by atoms with Gasteiger partial charge in [-0.05, 0) is 25.7 Å². The normalized spacial score (nSPS) is 10.9. The highest BCUT2D eigenvalue weighted by Crippen LogP contribution is 2.19. The Morgan fingerprint density at radius 2 is 2.21 bits per heavy atom. The molecule has 78 valence electrons. The van der Waals surface area contributed by atoms with Crippen LogP contribution in [0, 0.1) is 12.8 Å². The van der Waals surface area contributed by atoms with Crippen LogP contribution in [0.4, 0.5) is 0 Å². The molecule has 0 atom stereocenters. The molecule has 0 fully saturated rings. The molecule has 0 spiro atoms. The quantitative estimate of drug-likeness (QED) is 0.836. The Labute approximate surface area is 87.8 Å². The molecule has 3 nitrogen and oxygen atoms in total. The van der Waals surface area contributed by atoms with Gasteiger partial charge in [-0.1, -0.05) is 13.8 Å². The molecule has 0 aliphatic rings. The second kappa shape index (κ2) is 4.55. The van der Waals surface area contributed by atoms with Crippen molar-refractivity contribution in [3.8, 4) is 0 Å². The molecule has 0 radical (unpaired) electrons. The minimum Gasteiger partial charge on any atom is -0.476 e. The molecule has 0 aliphatic heterocycles. The van der Waals surface area contributed by atoms with Gasteiger partial charge in [-0.15, -0.1) is 11.3 Å². The van der Waals surface area contributed by atoms with Gasteiger partial charge < -0.3 is 5.11 Å². The van der Waals surface area contributed by atoms with E-state index in [9.17, 15) is 4.79 Å². The molecular weight excluding hydrogens is 198 g/mol. The molecule has 0 aromatic carbocycles. The van der Waals surface area contributed by atoms with Crippen LogP contribution < -0.4 is 0 Å². The van der Waals surface area contributed by atoms with E-state index in [1.807, 2.05) is 0 Å². The minimum absolute atomic E-state index is 0.216. The van der Waals surface area contributed by atoms with Gasteiger partial charge >= 0.3 is 5.97 Å². The smallest absolute Gasteiger partial charge is 0.355 e. The zero-order valence-electron chi connectivity index (χ0n) is 8.70. The Bertz CT molecular complexity index is 331. The molecule has 1 aromatic rings. The maximum Gasteiger partial charge on any atom is 0.355 e. The summed E-state index contributed by atoms with van der Waals surface area (Å²) in [5, 5.41) is 9.74. The van der Waals surface area contributed by atoms with Crippen molar-refractivity contribution < 1.29 is 9.90 Å². The van der Waals surface area contributed by atoms with Crippen LogP contribution in [0.3, 0.4) is 0 Å². The summed E-state index contributed by atoms with van der Waals surface area (Å²) in [4.78, 5) is 15.6. The monoisotopic (exact) mass is 213 g/mol. The van der Waals surface area contributed by atoms with Crippen LogP contribution in [0.25, 0.3) is 0 Å². The first-order chi connectivity index (χ1) is 6.50. The number of carboxylic acid groups (broad SMARTS) is 1. The third-order valence-corrected chi connectivity index (χ3v) is 3.01. The third-order valence-electron chi connectivity index (χ3n) is 1.98. The zero-order valence-corrected chi connectivity index (χ0v) is 9.52. The number of thiazole rings is 1. The number of aromatic carboxylic acids is 1. The lowest BCUT2D eigenvalue weighted by Gasteiger charge is -1.99. The van der Waals surface area contributed by atoms with Gasteiger partial charge in [0.1, 0.15) is 0 Å². The van der Waals surface area contributed by atoms with Crippen molar-refractivity contribution in [3.63, 3.8) is 0 Å². The molecule has 1 N–H and O–H groups in total. The number of carbonyl (C=O) groups is 1. The summed E-state index contributed by atoms with van der Waals surface area (Å²) in [6, 6.07) is 0. The fourth-order valence-electron chi connectivity index (χ4n) is 1.17. The fourth-order valence-corrected chi connectivity index (χ4v) is 2.11.